The number of ether oxygens (including phenoxy) is 2. The van der Waals surface area contributed by atoms with E-state index in [0.717, 1.165) is 16.8 Å². The number of anilines is 1. The lowest BCUT2D eigenvalue weighted by Gasteiger charge is -2.30. The smallest absolute Gasteiger partial charge is 0.470 e. The second kappa shape index (κ2) is 13.1. The third kappa shape index (κ3) is 6.79. The molecule has 2 aliphatic rings. The normalized spacial score (nSPS) is 21.2. The highest BCUT2D eigenvalue weighted by Crippen LogP contribution is 2.52. The number of aromatic nitrogens is 2. The van der Waals surface area contributed by atoms with Crippen molar-refractivity contribution in [3.8, 4) is 23.0 Å². The van der Waals surface area contributed by atoms with Crippen LogP contribution in [-0.4, -0.2) is 75.7 Å². The average Bonchev–Trinajstić information content (AvgIpc) is 3.35. The number of phenolic OH excluding ortho intramolecular Hbond substituents is 2. The van der Waals surface area contributed by atoms with E-state index in [1.165, 1.54) is 36.4 Å². The van der Waals surface area contributed by atoms with Crippen LogP contribution in [0.5, 0.6) is 23.0 Å². The molecule has 0 spiro atoms. The number of thiocarbonyl (C=S) groups is 1. The third-order valence-electron chi connectivity index (χ3n) is 7.91. The number of carbonyl (C=O) groups is 1. The second-order valence-electron chi connectivity index (χ2n) is 11.0. The van der Waals surface area contributed by atoms with Crippen LogP contribution in [0.4, 0.5) is 5.69 Å². The highest BCUT2D eigenvalue weighted by atomic mass is 32.1. The van der Waals surface area contributed by atoms with Crippen molar-refractivity contribution < 1.29 is 53.6 Å². The number of benzene rings is 3. The number of para-hydroxylation sites is 1. The van der Waals surface area contributed by atoms with Gasteiger partial charge < -0.3 is 50.3 Å². The number of carboxylic acids is 1. The number of aromatic carboxylic acids is 1. The first-order chi connectivity index (χ1) is 23.2. The molecule has 49 heavy (non-hydrogen) atoms. The Hall–Kier alpha value is -5.07. The van der Waals surface area contributed by atoms with E-state index in [1.54, 1.807) is 18.2 Å². The molecule has 0 aliphatic carbocycles. The molecule has 3 heterocycles. The van der Waals surface area contributed by atoms with Crippen molar-refractivity contribution in [1.82, 2.24) is 14.9 Å². The van der Waals surface area contributed by atoms with Crippen LogP contribution in [0, 0.1) is 0 Å². The predicted octanol–water partition coefficient (Wildman–Crippen LogP) is 1.65. The number of aromatic hydroxyl groups is 2. The van der Waals surface area contributed by atoms with E-state index in [9.17, 15) is 49.2 Å². The standard InChI is InChI=1S/C30H27N4O13PS/c35-12-21-26(47-48(42,43)44)24(27(46-21)34-9-8-22(38)32-30(34)41)33-29(49)31-13-4-6-15(18(10-13)28(39)40)23-16-7-5-14(36)11-20(16)45-25-17(23)2-1-3-19(25)37/h1-11,21,23-24,26-27,35-37H,12H2,(H,39,40)(H2,31,33,49)(H,32,38,41)(H2,42,43,44)/t21-,23?,24-,26-,27-/m1/s1. The SMILES string of the molecule is O=C(O)c1cc(NC(=S)N[C@@H]2[C@H](OP(=O)(O)O)[C@@H](CO)O[C@H]2n2ccc(=O)[nH]c2=O)ccc1C1c2ccc(O)cc2Oc2c(O)cccc21. The van der Waals surface area contributed by atoms with Crippen molar-refractivity contribution in [2.75, 3.05) is 11.9 Å². The molecule has 3 aromatic carbocycles. The summed E-state index contributed by atoms with van der Waals surface area (Å²) in [4.78, 5) is 58.1. The van der Waals surface area contributed by atoms with Crippen LogP contribution < -0.4 is 26.6 Å². The van der Waals surface area contributed by atoms with Crippen LogP contribution in [0.15, 0.2) is 76.4 Å². The molecule has 1 aromatic heterocycles. The maximum atomic E-state index is 12.6. The molecular weight excluding hydrogens is 687 g/mol. The van der Waals surface area contributed by atoms with Gasteiger partial charge in [0, 0.05) is 41.1 Å². The third-order valence-corrected chi connectivity index (χ3v) is 8.65. The number of phosphoric acid groups is 1. The van der Waals surface area contributed by atoms with Gasteiger partial charge in [-0.2, -0.15) is 0 Å². The molecule has 6 rings (SSSR count). The van der Waals surface area contributed by atoms with Gasteiger partial charge in [-0.05, 0) is 42.0 Å². The quantitative estimate of drug-likeness (QED) is 0.0817. The number of carboxylic acid groups (broad SMARTS) is 1. The Morgan fingerprint density at radius 3 is 2.49 bits per heavy atom. The topological polar surface area (TPSA) is 262 Å². The van der Waals surface area contributed by atoms with Crippen LogP contribution in [-0.2, 0) is 13.8 Å². The van der Waals surface area contributed by atoms with Gasteiger partial charge in [-0.25, -0.2) is 14.2 Å². The number of nitrogens with zero attached hydrogens (tertiary/aromatic N) is 1. The first kappa shape index (κ1) is 33.8. The zero-order valence-electron chi connectivity index (χ0n) is 24.8. The Balaban J connectivity index is 1.34. The van der Waals surface area contributed by atoms with E-state index in [1.807, 2.05) is 4.98 Å². The first-order valence-corrected chi connectivity index (χ1v) is 16.3. The van der Waals surface area contributed by atoms with Gasteiger partial charge in [0.05, 0.1) is 12.2 Å². The van der Waals surface area contributed by atoms with E-state index in [2.05, 4.69) is 10.6 Å². The van der Waals surface area contributed by atoms with Gasteiger partial charge in [-0.1, -0.05) is 24.3 Å². The number of nitrogens with one attached hydrogen (secondary N) is 3. The zero-order chi connectivity index (χ0) is 35.2. The number of phenols is 2. The molecular formula is C30H27N4O13PS. The van der Waals surface area contributed by atoms with Gasteiger partial charge in [0.1, 0.15) is 29.7 Å². The number of phosphoric ester groups is 1. The molecule has 1 saturated heterocycles. The van der Waals surface area contributed by atoms with E-state index >= 15 is 0 Å². The predicted molar refractivity (Wildman–Crippen MR) is 173 cm³/mol. The Morgan fingerprint density at radius 2 is 1.80 bits per heavy atom. The summed E-state index contributed by atoms with van der Waals surface area (Å²) in [6.07, 6.45) is -3.26. The molecule has 0 saturated carbocycles. The minimum Gasteiger partial charge on any atom is -0.508 e. The monoisotopic (exact) mass is 714 g/mol. The second-order valence-corrected chi connectivity index (χ2v) is 12.6. The van der Waals surface area contributed by atoms with Crippen molar-refractivity contribution in [2.24, 2.45) is 0 Å². The first-order valence-electron chi connectivity index (χ1n) is 14.3. The van der Waals surface area contributed by atoms with Gasteiger partial charge in [-0.15, -0.1) is 0 Å². The Labute approximate surface area is 280 Å². The molecule has 2 aliphatic heterocycles. The van der Waals surface area contributed by atoms with Crippen LogP contribution in [0.25, 0.3) is 0 Å². The average molecular weight is 715 g/mol. The van der Waals surface area contributed by atoms with Crippen molar-refractivity contribution in [2.45, 2.75) is 30.4 Å². The maximum absolute atomic E-state index is 12.6. The summed E-state index contributed by atoms with van der Waals surface area (Å²) in [5.74, 6) is -2.04. The van der Waals surface area contributed by atoms with E-state index in [-0.39, 0.29) is 39.4 Å². The summed E-state index contributed by atoms with van der Waals surface area (Å²) < 4.78 is 29.2. The molecule has 4 aromatic rings. The van der Waals surface area contributed by atoms with Crippen molar-refractivity contribution in [1.29, 1.82) is 0 Å². The van der Waals surface area contributed by atoms with E-state index < -0.39 is 62.0 Å². The van der Waals surface area contributed by atoms with Crippen LogP contribution in [0.1, 0.15) is 39.2 Å². The van der Waals surface area contributed by atoms with Gasteiger partial charge in [0.25, 0.3) is 5.56 Å². The molecule has 256 valence electrons. The molecule has 9 N–H and O–H groups in total. The zero-order valence-corrected chi connectivity index (χ0v) is 26.5. The number of aliphatic hydroxyl groups is 1. The lowest BCUT2D eigenvalue weighted by molar-refractivity contribution is -0.0461. The van der Waals surface area contributed by atoms with Crippen LogP contribution in [0.2, 0.25) is 0 Å². The minimum absolute atomic E-state index is 0.0951. The van der Waals surface area contributed by atoms with Crippen molar-refractivity contribution in [3.63, 3.8) is 0 Å². The fourth-order valence-electron chi connectivity index (χ4n) is 5.93. The fraction of sp³-hybridized carbons (Fsp3) is 0.200. The molecule has 0 bridgehead atoms. The van der Waals surface area contributed by atoms with Crippen LogP contribution in [0.3, 0.4) is 0 Å². The minimum atomic E-state index is -5.18. The molecule has 0 radical (unpaired) electrons. The summed E-state index contributed by atoms with van der Waals surface area (Å²) >= 11 is 5.45. The summed E-state index contributed by atoms with van der Waals surface area (Å²) in [7, 11) is -5.18. The number of fused-ring (bicyclic) bond motifs is 2. The van der Waals surface area contributed by atoms with Crippen molar-refractivity contribution >= 4 is 36.8 Å². The lowest BCUT2D eigenvalue weighted by atomic mass is 9.80. The number of H-pyrrole nitrogens is 1. The van der Waals surface area contributed by atoms with Crippen LogP contribution >= 0.6 is 20.0 Å². The Bertz CT molecular complexity index is 2130. The Morgan fingerprint density at radius 1 is 1.04 bits per heavy atom. The highest BCUT2D eigenvalue weighted by molar-refractivity contribution is 7.80. The van der Waals surface area contributed by atoms with Crippen molar-refractivity contribution in [3.05, 3.63) is 110 Å². The summed E-state index contributed by atoms with van der Waals surface area (Å²) in [6, 6.07) is 13.0. The molecule has 19 heteroatoms. The molecule has 1 unspecified atom stereocenters. The lowest BCUT2D eigenvalue weighted by Crippen LogP contribution is -2.50. The summed E-state index contributed by atoms with van der Waals surface area (Å²) in [5, 5.41) is 46.2. The molecule has 0 amide bonds. The number of rotatable bonds is 8. The van der Waals surface area contributed by atoms with Gasteiger partial charge in [0.2, 0.25) is 0 Å². The van der Waals surface area contributed by atoms with Gasteiger partial charge in [-0.3, -0.25) is 18.9 Å². The number of hydrogen-bond acceptors (Lipinski definition) is 11. The summed E-state index contributed by atoms with van der Waals surface area (Å²) in [6.45, 7) is -0.781. The molecule has 17 nitrogen and oxygen atoms in total. The maximum Gasteiger partial charge on any atom is 0.470 e. The highest BCUT2D eigenvalue weighted by Gasteiger charge is 2.49. The van der Waals surface area contributed by atoms with E-state index in [4.69, 9.17) is 26.2 Å². The van der Waals surface area contributed by atoms with Gasteiger partial charge >= 0.3 is 19.5 Å². The number of aliphatic hydroxyl groups excluding tert-OH is 1. The molecule has 5 atom stereocenters. The fourth-order valence-corrected chi connectivity index (χ4v) is 6.76. The Kier molecular flexibility index (Phi) is 9.03. The number of hydrogen-bond donors (Lipinski definition) is 9. The largest absolute Gasteiger partial charge is 0.508 e. The number of aromatic amines is 1. The summed E-state index contributed by atoms with van der Waals surface area (Å²) in [5.41, 5.74) is -0.357. The molecule has 1 fully saturated rings. The van der Waals surface area contributed by atoms with Gasteiger partial charge in [0.15, 0.2) is 22.8 Å². The van der Waals surface area contributed by atoms with E-state index in [0.29, 0.717) is 16.7 Å².